The molecule has 3 aromatic carbocycles. The molecule has 142 valence electrons. The second-order valence-electron chi connectivity index (χ2n) is 6.05. The van der Waals surface area contributed by atoms with Gasteiger partial charge in [-0.05, 0) is 40.6 Å². The Hall–Kier alpha value is -3.65. The molecule has 0 radical (unpaired) electrons. The molecule has 0 aliphatic rings. The maximum absolute atomic E-state index is 12.1. The molecule has 0 heterocycles. The smallest absolute Gasteiger partial charge is 0.258 e. The molecule has 3 rings (SSSR count). The molecule has 0 spiro atoms. The number of benzene rings is 3. The highest BCUT2D eigenvalue weighted by Gasteiger charge is 2.08. The Kier molecular flexibility index (Phi) is 6.37. The fourth-order valence-electron chi connectivity index (χ4n) is 2.72. The molecular formula is C23H21NO4. The van der Waals surface area contributed by atoms with E-state index in [0.29, 0.717) is 23.8 Å². The summed E-state index contributed by atoms with van der Waals surface area (Å²) in [6, 6.07) is 19.2. The third-order valence-corrected chi connectivity index (χ3v) is 4.12. The largest absolute Gasteiger partial charge is 0.493 e. The normalized spacial score (nSPS) is 10.1. The van der Waals surface area contributed by atoms with Crippen LogP contribution in [0.15, 0.2) is 60.7 Å². The minimum absolute atomic E-state index is 0.0606. The molecule has 5 heteroatoms. The molecule has 0 unspecified atom stereocenters. The van der Waals surface area contributed by atoms with Crippen LogP contribution in [0.3, 0.4) is 0 Å². The monoisotopic (exact) mass is 375 g/mol. The summed E-state index contributed by atoms with van der Waals surface area (Å²) >= 11 is 0. The van der Waals surface area contributed by atoms with E-state index >= 15 is 0 Å². The zero-order chi connectivity index (χ0) is 19.8. The zero-order valence-electron chi connectivity index (χ0n) is 15.6. The van der Waals surface area contributed by atoms with Gasteiger partial charge in [-0.15, -0.1) is 6.42 Å². The van der Waals surface area contributed by atoms with Crippen LogP contribution >= 0.6 is 0 Å². The summed E-state index contributed by atoms with van der Waals surface area (Å²) in [4.78, 5) is 12.1. The van der Waals surface area contributed by atoms with E-state index < -0.39 is 0 Å². The number of rotatable bonds is 8. The van der Waals surface area contributed by atoms with Gasteiger partial charge in [0, 0.05) is 6.54 Å². The molecule has 0 fully saturated rings. The topological polar surface area (TPSA) is 56.8 Å². The van der Waals surface area contributed by atoms with E-state index in [0.717, 1.165) is 16.3 Å². The number of hydrogen-bond acceptors (Lipinski definition) is 4. The number of ether oxygens (including phenoxy) is 3. The average molecular weight is 375 g/mol. The van der Waals surface area contributed by atoms with Gasteiger partial charge < -0.3 is 19.5 Å². The number of carbonyl (C=O) groups excluding carboxylic acids is 1. The Morgan fingerprint density at radius 1 is 1.00 bits per heavy atom. The van der Waals surface area contributed by atoms with Gasteiger partial charge in [0.1, 0.15) is 12.4 Å². The lowest BCUT2D eigenvalue weighted by atomic mass is 10.1. The number of methoxy groups -OCH3 is 1. The second-order valence-corrected chi connectivity index (χ2v) is 6.05. The van der Waals surface area contributed by atoms with Gasteiger partial charge >= 0.3 is 0 Å². The van der Waals surface area contributed by atoms with Crippen molar-refractivity contribution in [2.75, 3.05) is 20.3 Å². The maximum atomic E-state index is 12.1. The molecule has 1 amide bonds. The van der Waals surface area contributed by atoms with E-state index in [-0.39, 0.29) is 19.1 Å². The first-order valence-corrected chi connectivity index (χ1v) is 8.81. The zero-order valence-corrected chi connectivity index (χ0v) is 15.6. The van der Waals surface area contributed by atoms with Crippen LogP contribution < -0.4 is 19.5 Å². The summed E-state index contributed by atoms with van der Waals surface area (Å²) in [6.07, 6.45) is 5.23. The second kappa shape index (κ2) is 9.33. The minimum Gasteiger partial charge on any atom is -0.493 e. The van der Waals surface area contributed by atoms with E-state index in [4.69, 9.17) is 20.6 Å². The van der Waals surface area contributed by atoms with Crippen LogP contribution in [0.25, 0.3) is 10.8 Å². The van der Waals surface area contributed by atoms with E-state index in [1.165, 1.54) is 0 Å². The Balaban J connectivity index is 1.54. The first kappa shape index (κ1) is 19.1. The number of terminal acetylenes is 1. The van der Waals surface area contributed by atoms with Crippen LogP contribution in [-0.2, 0) is 11.3 Å². The summed E-state index contributed by atoms with van der Waals surface area (Å²) in [5.74, 6) is 3.99. The highest BCUT2D eigenvalue weighted by molar-refractivity contribution is 5.84. The summed E-state index contributed by atoms with van der Waals surface area (Å²) in [6.45, 7) is 0.428. The first-order chi connectivity index (χ1) is 13.7. The van der Waals surface area contributed by atoms with Crippen LogP contribution in [0.2, 0.25) is 0 Å². The third-order valence-electron chi connectivity index (χ3n) is 4.12. The van der Waals surface area contributed by atoms with Crippen LogP contribution in [-0.4, -0.2) is 26.2 Å². The Morgan fingerprint density at radius 2 is 1.82 bits per heavy atom. The molecule has 5 nitrogen and oxygen atoms in total. The fourth-order valence-corrected chi connectivity index (χ4v) is 2.72. The number of carbonyl (C=O) groups is 1. The predicted molar refractivity (Wildman–Crippen MR) is 109 cm³/mol. The van der Waals surface area contributed by atoms with Gasteiger partial charge in [-0.2, -0.15) is 0 Å². The number of amides is 1. The Morgan fingerprint density at radius 3 is 2.61 bits per heavy atom. The van der Waals surface area contributed by atoms with E-state index in [2.05, 4.69) is 11.2 Å². The molecule has 0 saturated carbocycles. The van der Waals surface area contributed by atoms with Crippen LogP contribution in [0.1, 0.15) is 5.56 Å². The van der Waals surface area contributed by atoms with Gasteiger partial charge in [0.15, 0.2) is 18.1 Å². The standard InChI is InChI=1S/C23H21NO4/c1-3-12-27-22-13-17(8-11-21(22)26-2)15-24-23(25)16-28-20-10-9-18-6-4-5-7-19(18)14-20/h1,4-11,13-14H,12,15-16H2,2H3,(H,24,25). The van der Waals surface area contributed by atoms with Crippen LogP contribution in [0.5, 0.6) is 17.2 Å². The lowest BCUT2D eigenvalue weighted by Gasteiger charge is -2.12. The Labute approximate surface area is 164 Å². The highest BCUT2D eigenvalue weighted by atomic mass is 16.5. The van der Waals surface area contributed by atoms with E-state index in [9.17, 15) is 4.79 Å². The molecule has 1 N–H and O–H groups in total. The van der Waals surface area contributed by atoms with Gasteiger partial charge in [0.25, 0.3) is 5.91 Å². The van der Waals surface area contributed by atoms with Crippen molar-refractivity contribution in [3.8, 4) is 29.6 Å². The average Bonchev–Trinajstić information content (AvgIpc) is 2.74. The summed E-state index contributed by atoms with van der Waals surface area (Å²) in [5, 5.41) is 5.02. The molecule has 0 atom stereocenters. The SMILES string of the molecule is C#CCOc1cc(CNC(=O)COc2ccc3ccccc3c2)ccc1OC. The van der Waals surface area contributed by atoms with Crippen molar-refractivity contribution in [1.29, 1.82) is 0 Å². The summed E-state index contributed by atoms with van der Waals surface area (Å²) in [5.41, 5.74) is 0.867. The molecule has 0 aromatic heterocycles. The van der Waals surface area contributed by atoms with E-state index in [1.54, 1.807) is 19.2 Å². The van der Waals surface area contributed by atoms with Gasteiger partial charge in [-0.3, -0.25) is 4.79 Å². The number of nitrogens with one attached hydrogen (secondary N) is 1. The van der Waals surface area contributed by atoms with Crippen molar-refractivity contribution >= 4 is 16.7 Å². The molecule has 0 aliphatic heterocycles. The van der Waals surface area contributed by atoms with Gasteiger partial charge in [-0.25, -0.2) is 0 Å². The molecule has 0 bridgehead atoms. The van der Waals surface area contributed by atoms with E-state index in [1.807, 2.05) is 48.5 Å². The van der Waals surface area contributed by atoms with Gasteiger partial charge in [0.2, 0.25) is 0 Å². The first-order valence-electron chi connectivity index (χ1n) is 8.81. The fraction of sp³-hybridized carbons (Fsp3) is 0.174. The number of hydrogen-bond donors (Lipinski definition) is 1. The van der Waals surface area contributed by atoms with Crippen molar-refractivity contribution in [3.63, 3.8) is 0 Å². The van der Waals surface area contributed by atoms with Crippen molar-refractivity contribution in [2.24, 2.45) is 0 Å². The van der Waals surface area contributed by atoms with Gasteiger partial charge in [0.05, 0.1) is 7.11 Å². The molecular weight excluding hydrogens is 354 g/mol. The highest BCUT2D eigenvalue weighted by Crippen LogP contribution is 2.28. The molecule has 0 saturated heterocycles. The lowest BCUT2D eigenvalue weighted by molar-refractivity contribution is -0.123. The summed E-state index contributed by atoms with van der Waals surface area (Å²) in [7, 11) is 1.56. The third kappa shape index (κ3) is 4.95. The van der Waals surface area contributed by atoms with Crippen molar-refractivity contribution in [2.45, 2.75) is 6.54 Å². The number of fused-ring (bicyclic) bond motifs is 1. The lowest BCUT2D eigenvalue weighted by Crippen LogP contribution is -2.28. The predicted octanol–water partition coefficient (Wildman–Crippen LogP) is 3.56. The quantitative estimate of drug-likeness (QED) is 0.612. The molecule has 28 heavy (non-hydrogen) atoms. The van der Waals surface area contributed by atoms with Gasteiger partial charge in [-0.1, -0.05) is 42.3 Å². The minimum atomic E-state index is -0.213. The van der Waals surface area contributed by atoms with Crippen LogP contribution in [0, 0.1) is 12.3 Å². The van der Waals surface area contributed by atoms with Crippen molar-refractivity contribution in [1.82, 2.24) is 5.32 Å². The van der Waals surface area contributed by atoms with Crippen molar-refractivity contribution < 1.29 is 19.0 Å². The molecule has 3 aromatic rings. The summed E-state index contributed by atoms with van der Waals surface area (Å²) < 4.78 is 16.3. The molecule has 0 aliphatic carbocycles. The van der Waals surface area contributed by atoms with Crippen molar-refractivity contribution in [3.05, 3.63) is 66.2 Å². The van der Waals surface area contributed by atoms with Crippen LogP contribution in [0.4, 0.5) is 0 Å². The Bertz CT molecular complexity index is 1010. The maximum Gasteiger partial charge on any atom is 0.258 e.